The first-order chi connectivity index (χ1) is 16.9. The number of carbonyl (C=O) groups excluding carboxylic acids is 1. The molecule has 1 amide bonds. The highest BCUT2D eigenvalue weighted by Gasteiger charge is 2.28. The first-order valence-electron chi connectivity index (χ1n) is 11.5. The van der Waals surface area contributed by atoms with Crippen molar-refractivity contribution in [2.75, 3.05) is 45.2 Å². The number of hydrogen-bond acceptors (Lipinski definition) is 6. The van der Waals surface area contributed by atoms with Crippen LogP contribution in [0, 0.1) is 0 Å². The van der Waals surface area contributed by atoms with Crippen molar-refractivity contribution in [3.05, 3.63) is 78.4 Å². The molecule has 9 heteroatoms. The van der Waals surface area contributed by atoms with Crippen LogP contribution in [0.25, 0.3) is 0 Å². The molecule has 1 heterocycles. The molecule has 1 aliphatic heterocycles. The zero-order valence-corrected chi connectivity index (χ0v) is 20.6. The van der Waals surface area contributed by atoms with Crippen LogP contribution in [0.4, 0.5) is 5.69 Å². The zero-order valence-electron chi connectivity index (χ0n) is 19.8. The Hall–Kier alpha value is -3.40. The van der Waals surface area contributed by atoms with Gasteiger partial charge in [-0.25, -0.2) is 8.42 Å². The second kappa shape index (κ2) is 10.9. The molecule has 184 valence electrons. The molecular weight excluding hydrogens is 466 g/mol. The molecule has 0 aromatic heterocycles. The summed E-state index contributed by atoms with van der Waals surface area (Å²) in [6.45, 7) is 4.68. The fraction of sp³-hybridized carbons (Fsp3) is 0.269. The quantitative estimate of drug-likeness (QED) is 0.507. The Morgan fingerprint density at radius 1 is 0.914 bits per heavy atom. The molecule has 0 atom stereocenters. The smallest absolute Gasteiger partial charge is 0.255 e. The zero-order chi connectivity index (χ0) is 24.8. The van der Waals surface area contributed by atoms with E-state index in [2.05, 4.69) is 10.2 Å². The number of benzene rings is 3. The molecule has 3 aromatic carbocycles. The average molecular weight is 496 g/mol. The predicted molar refractivity (Wildman–Crippen MR) is 135 cm³/mol. The van der Waals surface area contributed by atoms with Crippen LogP contribution in [0.15, 0.2) is 77.7 Å². The van der Waals surface area contributed by atoms with Crippen LogP contribution in [0.3, 0.4) is 0 Å². The van der Waals surface area contributed by atoms with Crippen molar-refractivity contribution in [1.82, 2.24) is 9.21 Å². The first kappa shape index (κ1) is 24.7. The lowest BCUT2D eigenvalue weighted by Crippen LogP contribution is -2.47. The minimum absolute atomic E-state index is 0.105. The van der Waals surface area contributed by atoms with E-state index in [9.17, 15) is 13.2 Å². The maximum atomic E-state index is 13.1. The fourth-order valence-electron chi connectivity index (χ4n) is 3.73. The van der Waals surface area contributed by atoms with Gasteiger partial charge in [0.15, 0.2) is 5.75 Å². The maximum absolute atomic E-state index is 13.1. The normalized spacial score (nSPS) is 14.9. The number of para-hydroxylation sites is 2. The first-order valence-corrected chi connectivity index (χ1v) is 12.9. The molecule has 3 aromatic rings. The number of ether oxygens (including phenoxy) is 2. The van der Waals surface area contributed by atoms with Gasteiger partial charge in [-0.15, -0.1) is 0 Å². The molecule has 0 radical (unpaired) electrons. The van der Waals surface area contributed by atoms with Crippen LogP contribution >= 0.6 is 0 Å². The highest BCUT2D eigenvalue weighted by Crippen LogP contribution is 2.31. The summed E-state index contributed by atoms with van der Waals surface area (Å²) in [7, 11) is -1.71. The van der Waals surface area contributed by atoms with E-state index in [1.807, 2.05) is 32.2 Å². The number of nitrogens with zero attached hydrogens (tertiary/aromatic N) is 2. The maximum Gasteiger partial charge on any atom is 0.255 e. The van der Waals surface area contributed by atoms with Crippen molar-refractivity contribution >= 4 is 21.6 Å². The summed E-state index contributed by atoms with van der Waals surface area (Å²) in [5.41, 5.74) is 0.717. The van der Waals surface area contributed by atoms with Crippen molar-refractivity contribution in [3.8, 4) is 17.2 Å². The molecule has 1 saturated heterocycles. The fourth-order valence-corrected chi connectivity index (χ4v) is 5.19. The highest BCUT2D eigenvalue weighted by molar-refractivity contribution is 7.89. The third-order valence-electron chi connectivity index (χ3n) is 5.69. The summed E-state index contributed by atoms with van der Waals surface area (Å²) in [4.78, 5) is 15.2. The number of sulfonamides is 1. The van der Waals surface area contributed by atoms with E-state index in [1.165, 1.54) is 16.4 Å². The van der Waals surface area contributed by atoms with Crippen molar-refractivity contribution in [2.45, 2.75) is 11.8 Å². The summed E-state index contributed by atoms with van der Waals surface area (Å²) in [5.74, 6) is 1.37. The molecule has 0 spiro atoms. The molecule has 0 bridgehead atoms. The minimum Gasteiger partial charge on any atom is -0.494 e. The molecule has 4 rings (SSSR count). The minimum atomic E-state index is -3.68. The molecule has 1 aliphatic rings. The number of hydrogen-bond donors (Lipinski definition) is 1. The van der Waals surface area contributed by atoms with Crippen molar-refractivity contribution in [3.63, 3.8) is 0 Å². The second-order valence-corrected chi connectivity index (χ2v) is 10.1. The van der Waals surface area contributed by atoms with Gasteiger partial charge in [0.25, 0.3) is 5.91 Å². The van der Waals surface area contributed by atoms with E-state index < -0.39 is 15.9 Å². The van der Waals surface area contributed by atoms with Gasteiger partial charge in [0.2, 0.25) is 10.0 Å². The standard InChI is InChI=1S/C26H29N3O5S/c1-3-33-21-11-13-22(14-12-21)34-25-10-5-4-9-24(25)27-26(30)20-7-6-8-23(19-20)35(31,32)29-17-15-28(2)16-18-29/h4-14,19H,3,15-18H2,1-2H3,(H,27,30). The van der Waals surface area contributed by atoms with Gasteiger partial charge in [0.05, 0.1) is 17.2 Å². The molecule has 8 nitrogen and oxygen atoms in total. The average Bonchev–Trinajstić information content (AvgIpc) is 2.87. The molecule has 0 unspecified atom stereocenters. The molecule has 0 saturated carbocycles. The predicted octanol–water partition coefficient (Wildman–Crippen LogP) is 4.07. The van der Waals surface area contributed by atoms with E-state index in [4.69, 9.17) is 9.47 Å². The number of amides is 1. The Balaban J connectivity index is 1.50. The summed E-state index contributed by atoms with van der Waals surface area (Å²) >= 11 is 0. The number of likely N-dealkylation sites (N-methyl/N-ethyl adjacent to an activating group) is 1. The lowest BCUT2D eigenvalue weighted by atomic mass is 10.2. The van der Waals surface area contributed by atoms with Crippen molar-refractivity contribution in [1.29, 1.82) is 0 Å². The van der Waals surface area contributed by atoms with Gasteiger partial charge in [0, 0.05) is 31.7 Å². The molecule has 0 aliphatic carbocycles. The highest BCUT2D eigenvalue weighted by atomic mass is 32.2. The largest absolute Gasteiger partial charge is 0.494 e. The van der Waals surface area contributed by atoms with E-state index >= 15 is 0 Å². The Bertz CT molecular complexity index is 1270. The van der Waals surface area contributed by atoms with Gasteiger partial charge in [-0.05, 0) is 68.6 Å². The second-order valence-electron chi connectivity index (χ2n) is 8.19. The van der Waals surface area contributed by atoms with Crippen LogP contribution in [-0.2, 0) is 10.0 Å². The van der Waals surface area contributed by atoms with Crippen molar-refractivity contribution < 1.29 is 22.7 Å². The van der Waals surface area contributed by atoms with Crippen molar-refractivity contribution in [2.24, 2.45) is 0 Å². The summed E-state index contributed by atoms with van der Waals surface area (Å²) in [6, 6.07) is 20.4. The Morgan fingerprint density at radius 3 is 2.31 bits per heavy atom. The van der Waals surface area contributed by atoms with Crippen LogP contribution in [0.1, 0.15) is 17.3 Å². The van der Waals surface area contributed by atoms with Crippen LogP contribution in [-0.4, -0.2) is 63.4 Å². The summed E-state index contributed by atoms with van der Waals surface area (Å²) in [5, 5.41) is 2.84. The number of rotatable bonds is 8. The van der Waals surface area contributed by atoms with Crippen LogP contribution < -0.4 is 14.8 Å². The SMILES string of the molecule is CCOc1ccc(Oc2ccccc2NC(=O)c2cccc(S(=O)(=O)N3CCN(C)CC3)c2)cc1. The lowest BCUT2D eigenvalue weighted by molar-refractivity contribution is 0.102. The van der Waals surface area contributed by atoms with Gasteiger partial charge in [-0.1, -0.05) is 18.2 Å². The monoisotopic (exact) mass is 495 g/mol. The van der Waals surface area contributed by atoms with Gasteiger partial charge in [-0.3, -0.25) is 4.79 Å². The molecule has 1 N–H and O–H groups in total. The van der Waals surface area contributed by atoms with E-state index in [1.54, 1.807) is 42.5 Å². The molecule has 1 fully saturated rings. The number of piperazine rings is 1. The van der Waals surface area contributed by atoms with Crippen LogP contribution in [0.2, 0.25) is 0 Å². The number of carbonyl (C=O) groups is 1. The summed E-state index contributed by atoms with van der Waals surface area (Å²) < 4.78 is 39.1. The Labute approximate surface area is 206 Å². The number of anilines is 1. The van der Waals surface area contributed by atoms with Gasteiger partial charge < -0.3 is 19.7 Å². The van der Waals surface area contributed by atoms with Gasteiger partial charge >= 0.3 is 0 Å². The number of nitrogens with one attached hydrogen (secondary N) is 1. The van der Waals surface area contributed by atoms with Crippen LogP contribution in [0.5, 0.6) is 17.2 Å². The molecule has 35 heavy (non-hydrogen) atoms. The van der Waals surface area contributed by atoms with Gasteiger partial charge in [0.1, 0.15) is 11.5 Å². The third-order valence-corrected chi connectivity index (χ3v) is 7.59. The van der Waals surface area contributed by atoms with E-state index in [0.29, 0.717) is 50.0 Å². The Morgan fingerprint density at radius 2 is 1.60 bits per heavy atom. The summed E-state index contributed by atoms with van der Waals surface area (Å²) in [6.07, 6.45) is 0. The van der Waals surface area contributed by atoms with E-state index in [-0.39, 0.29) is 10.5 Å². The lowest BCUT2D eigenvalue weighted by Gasteiger charge is -2.31. The molecular formula is C26H29N3O5S. The Kier molecular flexibility index (Phi) is 7.70. The van der Waals surface area contributed by atoms with E-state index in [0.717, 1.165) is 5.75 Å². The topological polar surface area (TPSA) is 88.2 Å². The third kappa shape index (κ3) is 6.00. The van der Waals surface area contributed by atoms with Gasteiger partial charge in [-0.2, -0.15) is 4.31 Å².